The summed E-state index contributed by atoms with van der Waals surface area (Å²) in [5, 5.41) is 32.3. The monoisotopic (exact) mass is 1150 g/mol. The Labute approximate surface area is 477 Å². The quantitative estimate of drug-likeness (QED) is 0.0222. The van der Waals surface area contributed by atoms with Crippen LogP contribution in [-0.2, 0) is 73.2 Å². The van der Waals surface area contributed by atoms with Gasteiger partial charge >= 0.3 is 23.9 Å². The lowest BCUT2D eigenvalue weighted by atomic mass is 9.92. The second-order valence-corrected chi connectivity index (χ2v) is 22.1. The first kappa shape index (κ1) is 68.8. The van der Waals surface area contributed by atoms with Crippen LogP contribution in [0.5, 0.6) is 5.75 Å². The molecule has 1 aromatic carbocycles. The van der Waals surface area contributed by atoms with Gasteiger partial charge in [0.25, 0.3) is 5.91 Å². The van der Waals surface area contributed by atoms with Crippen molar-refractivity contribution < 1.29 is 77.0 Å². The molecule has 1 aromatic rings. The van der Waals surface area contributed by atoms with Gasteiger partial charge < -0.3 is 64.8 Å². The van der Waals surface area contributed by atoms with E-state index in [0.29, 0.717) is 32.1 Å². The highest BCUT2D eigenvalue weighted by atomic mass is 32.2. The van der Waals surface area contributed by atoms with Crippen LogP contribution in [0.4, 0.5) is 0 Å². The van der Waals surface area contributed by atoms with Crippen LogP contribution >= 0.6 is 11.8 Å². The van der Waals surface area contributed by atoms with Gasteiger partial charge in [-0.25, -0.2) is 0 Å². The Kier molecular flexibility index (Phi) is 31.6. The lowest BCUT2D eigenvalue weighted by Gasteiger charge is -2.40. The van der Waals surface area contributed by atoms with E-state index in [1.54, 1.807) is 24.5 Å². The van der Waals surface area contributed by atoms with Crippen LogP contribution in [0.25, 0.3) is 0 Å². The van der Waals surface area contributed by atoms with Gasteiger partial charge in [0.15, 0.2) is 13.0 Å². The third kappa shape index (κ3) is 24.3. The van der Waals surface area contributed by atoms with Crippen LogP contribution in [0.15, 0.2) is 35.4 Å². The van der Waals surface area contributed by atoms with Crippen molar-refractivity contribution in [2.24, 2.45) is 17.8 Å². The predicted molar refractivity (Wildman–Crippen MR) is 300 cm³/mol. The lowest BCUT2D eigenvalue weighted by molar-refractivity contribution is -0.194. The summed E-state index contributed by atoms with van der Waals surface area (Å²) in [7, 11) is 3.30. The molecule has 452 valence electrons. The SMILES string of the molecule is CCCC(=O)OCN(C(=O)[C@@H](NC(=O)[C@H]1CCCCN1C)[C@@H](C)CC)[C@H](C[C@@H](OC(C)=O)C1NC(C(=O)N[C@@H](Cc2ccc(O)cc2)C[C@H](C)C(=O)OCCCNC(=O)CCCC(=O)OCC(OC)OC(CC)CO)=CS1)C(C)C. The summed E-state index contributed by atoms with van der Waals surface area (Å²) in [6.45, 7) is 14.5. The number of aliphatic hydroxyl groups is 1. The topological polar surface area (TPSA) is 287 Å². The molecule has 3 rings (SSSR count). The normalized spacial score (nSPS) is 18.4. The molecule has 0 radical (unpaired) electrons. The molecule has 3 unspecified atom stereocenters. The van der Waals surface area contributed by atoms with Crippen LogP contribution in [0.1, 0.15) is 144 Å². The number of phenols is 1. The number of likely N-dealkylation sites (tertiary alicyclic amines) is 1. The molecule has 2 aliphatic heterocycles. The number of benzene rings is 1. The van der Waals surface area contributed by atoms with Gasteiger partial charge in [0.05, 0.1) is 31.3 Å². The van der Waals surface area contributed by atoms with E-state index in [4.69, 9.17) is 28.4 Å². The number of methoxy groups -OCH3 is 1. The van der Waals surface area contributed by atoms with Gasteiger partial charge in [0.1, 0.15) is 35.6 Å². The van der Waals surface area contributed by atoms with Gasteiger partial charge in [-0.2, -0.15) is 0 Å². The number of carbonyl (C=O) groups excluding carboxylic acids is 8. The average molecular weight is 1150 g/mol. The highest BCUT2D eigenvalue weighted by Gasteiger charge is 2.41. The fourth-order valence-corrected chi connectivity index (χ4v) is 10.2. The fourth-order valence-electron chi connectivity index (χ4n) is 9.24. The van der Waals surface area contributed by atoms with Crippen molar-refractivity contribution in [1.29, 1.82) is 0 Å². The molecule has 22 nitrogen and oxygen atoms in total. The standard InChI is InChI=1S/C57H92N6O16S/c1-11-18-49(68)77-35-63(56(72)52(37(6)12-2)61-54(71)45-19-14-15-27-62(45)9)46(36(4)5)31-47(78-39(8)65)55-60-44(34-80-55)53(70)59-41(30-40-22-24-42(66)25-23-40)29-38(7)57(73)75-28-17-26-58-48(67)20-16-21-50(69)76-33-51(74-10)79-43(13-3)32-64/h22-25,34,36-38,41,43,45-47,51-52,55,60,64,66H,11-21,26-33,35H2,1-10H3,(H,58,67)(H,59,70)(H,61,71)/t37-,38-,41+,43?,45+,46+,47+,51?,52-,55?/m0/s1. The highest BCUT2D eigenvalue weighted by Crippen LogP contribution is 2.31. The zero-order valence-electron chi connectivity index (χ0n) is 48.8. The maximum Gasteiger partial charge on any atom is 0.308 e. The summed E-state index contributed by atoms with van der Waals surface area (Å²) < 4.78 is 33.1. The van der Waals surface area contributed by atoms with Crippen molar-refractivity contribution >= 4 is 59.3 Å². The summed E-state index contributed by atoms with van der Waals surface area (Å²) in [6, 6.07) is 3.86. The number of likely N-dealkylation sites (N-methyl/N-ethyl adjacent to an activating group) is 1. The molecule has 6 N–H and O–H groups in total. The minimum Gasteiger partial charge on any atom is -0.508 e. The summed E-state index contributed by atoms with van der Waals surface area (Å²) in [5.74, 6) is -4.75. The van der Waals surface area contributed by atoms with E-state index in [9.17, 15) is 48.6 Å². The van der Waals surface area contributed by atoms with Gasteiger partial charge in [0.2, 0.25) is 17.7 Å². The van der Waals surface area contributed by atoms with Crippen molar-refractivity contribution in [3.05, 3.63) is 40.9 Å². The third-order valence-corrected chi connectivity index (χ3v) is 15.3. The first-order valence-electron chi connectivity index (χ1n) is 28.4. The molecule has 4 amide bonds. The van der Waals surface area contributed by atoms with Gasteiger partial charge in [-0.3, -0.25) is 43.3 Å². The molecule has 0 saturated carbocycles. The molecule has 0 bridgehead atoms. The Morgan fingerprint density at radius 1 is 0.887 bits per heavy atom. The smallest absolute Gasteiger partial charge is 0.308 e. The predicted octanol–water partition coefficient (Wildman–Crippen LogP) is 4.96. The molecule has 0 spiro atoms. The van der Waals surface area contributed by atoms with E-state index < -0.39 is 96.4 Å². The number of hydrogen-bond donors (Lipinski definition) is 6. The number of thioether (sulfide) groups is 1. The van der Waals surface area contributed by atoms with E-state index in [-0.39, 0.29) is 106 Å². The van der Waals surface area contributed by atoms with E-state index in [0.717, 1.165) is 24.9 Å². The summed E-state index contributed by atoms with van der Waals surface area (Å²) in [6.07, 6.45) is 3.31. The minimum atomic E-state index is -0.948. The number of esters is 4. The number of nitrogens with one attached hydrogen (secondary N) is 4. The number of ether oxygens (including phenoxy) is 6. The number of phenolic OH excluding ortho intramolecular Hbond substituents is 1. The summed E-state index contributed by atoms with van der Waals surface area (Å²) in [4.78, 5) is 110. The van der Waals surface area contributed by atoms with Gasteiger partial charge in [-0.1, -0.05) is 73.4 Å². The number of aliphatic hydroxyl groups excluding tert-OH is 1. The van der Waals surface area contributed by atoms with Crippen LogP contribution in [0.2, 0.25) is 0 Å². The molecule has 0 aromatic heterocycles. The number of aromatic hydroxyl groups is 1. The number of nitrogens with zero attached hydrogens (tertiary/aromatic N) is 2. The Balaban J connectivity index is 1.67. The second-order valence-electron chi connectivity index (χ2n) is 21.1. The zero-order valence-corrected chi connectivity index (χ0v) is 49.6. The van der Waals surface area contributed by atoms with E-state index in [1.165, 1.54) is 42.8 Å². The van der Waals surface area contributed by atoms with Gasteiger partial charge in [-0.05, 0) is 94.5 Å². The molecule has 0 aliphatic carbocycles. The Morgan fingerprint density at radius 2 is 1.60 bits per heavy atom. The number of piperidine rings is 1. The Morgan fingerprint density at radius 3 is 2.23 bits per heavy atom. The van der Waals surface area contributed by atoms with E-state index >= 15 is 0 Å². The van der Waals surface area contributed by atoms with Crippen LogP contribution in [-0.4, -0.2) is 169 Å². The van der Waals surface area contributed by atoms with Crippen molar-refractivity contribution in [3.8, 4) is 5.75 Å². The van der Waals surface area contributed by atoms with Gasteiger partial charge in [-0.15, -0.1) is 11.8 Å². The zero-order chi connectivity index (χ0) is 59.3. The van der Waals surface area contributed by atoms with Crippen molar-refractivity contribution in [2.45, 2.75) is 193 Å². The van der Waals surface area contributed by atoms with Crippen molar-refractivity contribution in [3.63, 3.8) is 0 Å². The molecular weight excluding hydrogens is 1060 g/mol. The molecule has 2 heterocycles. The number of hydrogen-bond acceptors (Lipinski definition) is 19. The van der Waals surface area contributed by atoms with Crippen molar-refractivity contribution in [1.82, 2.24) is 31.1 Å². The lowest BCUT2D eigenvalue weighted by Crippen LogP contribution is -2.59. The molecule has 23 heteroatoms. The van der Waals surface area contributed by atoms with E-state index in [2.05, 4.69) is 21.3 Å². The van der Waals surface area contributed by atoms with E-state index in [1.807, 2.05) is 53.5 Å². The summed E-state index contributed by atoms with van der Waals surface area (Å²) >= 11 is 1.22. The number of amides is 4. The molecule has 1 saturated heterocycles. The molecule has 2 aliphatic rings. The summed E-state index contributed by atoms with van der Waals surface area (Å²) in [5.41, 5.74) is 0.951. The molecule has 80 heavy (non-hydrogen) atoms. The number of rotatable bonds is 37. The van der Waals surface area contributed by atoms with Crippen LogP contribution in [0.3, 0.4) is 0 Å². The first-order chi connectivity index (χ1) is 38.1. The van der Waals surface area contributed by atoms with Crippen molar-refractivity contribution in [2.75, 3.05) is 53.8 Å². The highest BCUT2D eigenvalue weighted by molar-refractivity contribution is 8.03. The maximum atomic E-state index is 14.9. The Hall–Kier alpha value is -5.49. The first-order valence-corrected chi connectivity index (χ1v) is 29.3. The maximum absolute atomic E-state index is 14.9. The Bertz CT molecular complexity index is 2150. The molecule has 1 fully saturated rings. The van der Waals surface area contributed by atoms with Gasteiger partial charge in [0, 0.05) is 63.8 Å². The third-order valence-electron chi connectivity index (χ3n) is 14.2. The molecule has 10 atom stereocenters. The average Bonchev–Trinajstić information content (AvgIpc) is 3.93. The molecular formula is C57H92N6O16S. The fraction of sp³-hybridized carbons (Fsp3) is 0.719. The van der Waals surface area contributed by atoms with Crippen LogP contribution in [0, 0.1) is 17.8 Å². The number of carbonyl (C=O) groups is 8. The minimum absolute atomic E-state index is 0.000762. The second kappa shape index (κ2) is 36.8. The largest absolute Gasteiger partial charge is 0.508 e. The van der Waals surface area contributed by atoms with Crippen LogP contribution < -0.4 is 21.3 Å².